The van der Waals surface area contributed by atoms with Gasteiger partial charge in [0.15, 0.2) is 0 Å². The van der Waals surface area contributed by atoms with Crippen molar-refractivity contribution in [1.29, 1.82) is 0 Å². The molecule has 0 aliphatic carbocycles. The van der Waals surface area contributed by atoms with Gasteiger partial charge in [0, 0.05) is 28.8 Å². The monoisotopic (exact) mass is 533 g/mol. The zero-order chi connectivity index (χ0) is 23.4. The fraction of sp³-hybridized carbons (Fsp3) is 0.259. The van der Waals surface area contributed by atoms with Gasteiger partial charge in [0.2, 0.25) is 10.8 Å². The fourth-order valence-corrected chi connectivity index (χ4v) is 7.02. The molecule has 0 saturated carbocycles. The van der Waals surface area contributed by atoms with Crippen LogP contribution in [-0.2, 0) is 27.4 Å². The highest BCUT2D eigenvalue weighted by atomic mass is 79.9. The Hall–Kier alpha value is -2.61. The molecule has 7 heteroatoms. The van der Waals surface area contributed by atoms with Crippen LogP contribution in [0.5, 0.6) is 0 Å². The van der Waals surface area contributed by atoms with E-state index in [9.17, 15) is 9.59 Å². The predicted molar refractivity (Wildman–Crippen MR) is 140 cm³/mol. The number of hydrogen-bond donors (Lipinski definition) is 0. The number of para-hydroxylation sites is 1. The van der Waals surface area contributed by atoms with Gasteiger partial charge in [-0.25, -0.2) is 0 Å². The van der Waals surface area contributed by atoms with Crippen molar-refractivity contribution in [2.45, 2.75) is 24.8 Å². The number of fused-ring (bicyclic) bond motifs is 3. The van der Waals surface area contributed by atoms with E-state index in [1.807, 2.05) is 54.3 Å². The van der Waals surface area contributed by atoms with Crippen molar-refractivity contribution in [3.8, 4) is 0 Å². The van der Waals surface area contributed by atoms with Gasteiger partial charge in [0.25, 0.3) is 5.91 Å². The van der Waals surface area contributed by atoms with E-state index < -0.39 is 4.87 Å². The molecule has 3 aliphatic heterocycles. The SMILES string of the molecule is Cc1ccc(N2C(=O)CSC23C(=O)N(CN2CCc4ccccc4C2)c2ccccc23)cc1Br. The molecule has 0 radical (unpaired) electrons. The molecule has 1 fully saturated rings. The Kier molecular flexibility index (Phi) is 5.32. The average molecular weight is 534 g/mol. The van der Waals surface area contributed by atoms with E-state index in [1.54, 1.807) is 4.90 Å². The molecule has 2 amide bonds. The van der Waals surface area contributed by atoms with Crippen LogP contribution < -0.4 is 9.80 Å². The van der Waals surface area contributed by atoms with Gasteiger partial charge in [-0.15, -0.1) is 11.8 Å². The minimum Gasteiger partial charge on any atom is -0.295 e. The molecule has 0 bridgehead atoms. The first-order valence-corrected chi connectivity index (χ1v) is 13.2. The summed E-state index contributed by atoms with van der Waals surface area (Å²) in [6.07, 6.45) is 0.974. The van der Waals surface area contributed by atoms with Gasteiger partial charge in [-0.05, 0) is 48.2 Å². The highest BCUT2D eigenvalue weighted by Crippen LogP contribution is 2.55. The third kappa shape index (κ3) is 3.25. The van der Waals surface area contributed by atoms with Crippen LogP contribution in [0.2, 0.25) is 0 Å². The normalized spacial score (nSPS) is 21.9. The molecule has 3 aliphatic rings. The Bertz CT molecular complexity index is 1330. The summed E-state index contributed by atoms with van der Waals surface area (Å²) in [6, 6.07) is 22.3. The lowest BCUT2D eigenvalue weighted by Gasteiger charge is -2.35. The van der Waals surface area contributed by atoms with Gasteiger partial charge < -0.3 is 0 Å². The molecule has 0 aromatic heterocycles. The minimum atomic E-state index is -1.07. The summed E-state index contributed by atoms with van der Waals surface area (Å²) in [5.74, 6) is 0.189. The third-order valence-electron chi connectivity index (χ3n) is 7.03. The molecule has 0 N–H and O–H groups in total. The van der Waals surface area contributed by atoms with Gasteiger partial charge >= 0.3 is 0 Å². The highest BCUT2D eigenvalue weighted by molar-refractivity contribution is 9.10. The van der Waals surface area contributed by atoms with Gasteiger partial charge in [0.1, 0.15) is 0 Å². The van der Waals surface area contributed by atoms with Gasteiger partial charge in [-0.3, -0.25) is 24.3 Å². The maximum Gasteiger partial charge on any atom is 0.269 e. The third-order valence-corrected chi connectivity index (χ3v) is 9.27. The van der Waals surface area contributed by atoms with E-state index in [4.69, 9.17) is 0 Å². The van der Waals surface area contributed by atoms with Crippen molar-refractivity contribution in [2.24, 2.45) is 0 Å². The first-order chi connectivity index (χ1) is 16.5. The maximum atomic E-state index is 14.3. The fourth-order valence-electron chi connectivity index (χ4n) is 5.29. The van der Waals surface area contributed by atoms with Gasteiger partial charge in [-0.1, -0.05) is 64.5 Å². The van der Waals surface area contributed by atoms with Crippen molar-refractivity contribution in [1.82, 2.24) is 4.90 Å². The maximum absolute atomic E-state index is 14.3. The summed E-state index contributed by atoms with van der Waals surface area (Å²) in [6.45, 7) is 4.23. The van der Waals surface area contributed by atoms with Crippen LogP contribution >= 0.6 is 27.7 Å². The van der Waals surface area contributed by atoms with Crippen LogP contribution in [-0.4, -0.2) is 35.7 Å². The molecular weight excluding hydrogens is 510 g/mol. The molecule has 1 saturated heterocycles. The lowest BCUT2D eigenvalue weighted by Crippen LogP contribution is -2.52. The molecular formula is C27H24BrN3O2S. The lowest BCUT2D eigenvalue weighted by molar-refractivity contribution is -0.124. The predicted octanol–water partition coefficient (Wildman–Crippen LogP) is 5.05. The second kappa shape index (κ2) is 8.26. The zero-order valence-corrected chi connectivity index (χ0v) is 21.2. The number of carbonyl (C=O) groups excluding carboxylic acids is 2. The lowest BCUT2D eigenvalue weighted by atomic mass is 10.0. The molecule has 34 heavy (non-hydrogen) atoms. The van der Waals surface area contributed by atoms with E-state index >= 15 is 0 Å². The van der Waals surface area contributed by atoms with Crippen LogP contribution in [0.3, 0.4) is 0 Å². The Morgan fingerprint density at radius 3 is 2.59 bits per heavy atom. The summed E-state index contributed by atoms with van der Waals surface area (Å²) in [5.41, 5.74) is 6.32. The number of halogens is 1. The molecule has 3 aromatic carbocycles. The Labute approximate surface area is 211 Å². The van der Waals surface area contributed by atoms with E-state index in [2.05, 4.69) is 45.1 Å². The molecule has 3 heterocycles. The Morgan fingerprint density at radius 2 is 1.76 bits per heavy atom. The van der Waals surface area contributed by atoms with Crippen LogP contribution in [0.25, 0.3) is 0 Å². The number of aryl methyl sites for hydroxylation is 1. The molecule has 1 atom stereocenters. The quantitative estimate of drug-likeness (QED) is 0.472. The number of carbonyl (C=O) groups is 2. The van der Waals surface area contributed by atoms with Crippen molar-refractivity contribution in [2.75, 3.05) is 28.8 Å². The molecule has 172 valence electrons. The first kappa shape index (κ1) is 21.9. The second-order valence-corrected chi connectivity index (χ2v) is 11.1. The van der Waals surface area contributed by atoms with E-state index in [0.29, 0.717) is 6.67 Å². The van der Waals surface area contributed by atoms with Gasteiger partial charge in [0.05, 0.1) is 18.1 Å². The van der Waals surface area contributed by atoms with Crippen LogP contribution in [0.15, 0.2) is 71.2 Å². The van der Waals surface area contributed by atoms with Crippen LogP contribution in [0.1, 0.15) is 22.3 Å². The standard InChI is InChI=1S/C27H24BrN3O2S/c1-18-10-11-21(14-23(18)28)31-25(32)16-34-27(31)22-8-4-5-9-24(22)30(26(27)33)17-29-13-12-19-6-2-3-7-20(19)15-29/h2-11,14H,12-13,15-17H2,1H3. The Morgan fingerprint density at radius 1 is 1.00 bits per heavy atom. The summed E-state index contributed by atoms with van der Waals surface area (Å²) in [5, 5.41) is 0. The minimum absolute atomic E-state index is 0.0416. The number of rotatable bonds is 3. The summed E-state index contributed by atoms with van der Waals surface area (Å²) < 4.78 is 0.924. The van der Waals surface area contributed by atoms with E-state index in [0.717, 1.165) is 46.5 Å². The number of hydrogen-bond acceptors (Lipinski definition) is 4. The highest BCUT2D eigenvalue weighted by Gasteiger charge is 2.61. The van der Waals surface area contributed by atoms with Crippen molar-refractivity contribution in [3.05, 3.63) is 93.5 Å². The van der Waals surface area contributed by atoms with E-state index in [-0.39, 0.29) is 17.6 Å². The van der Waals surface area contributed by atoms with Gasteiger partial charge in [-0.2, -0.15) is 0 Å². The number of amides is 2. The smallest absolute Gasteiger partial charge is 0.269 e. The first-order valence-electron chi connectivity index (χ1n) is 11.4. The zero-order valence-electron chi connectivity index (χ0n) is 18.8. The van der Waals surface area contributed by atoms with Crippen LogP contribution in [0, 0.1) is 6.92 Å². The topological polar surface area (TPSA) is 43.9 Å². The molecule has 1 unspecified atom stereocenters. The molecule has 5 nitrogen and oxygen atoms in total. The summed E-state index contributed by atoms with van der Waals surface area (Å²) in [4.78, 5) is 32.3. The number of thioether (sulfide) groups is 1. The van der Waals surface area contributed by atoms with Crippen molar-refractivity contribution in [3.63, 3.8) is 0 Å². The second-order valence-electron chi connectivity index (χ2n) is 9.06. The number of anilines is 2. The average Bonchev–Trinajstić information content (AvgIpc) is 3.32. The largest absolute Gasteiger partial charge is 0.295 e. The molecule has 6 rings (SSSR count). The summed E-state index contributed by atoms with van der Waals surface area (Å²) >= 11 is 5.03. The van der Waals surface area contributed by atoms with E-state index in [1.165, 1.54) is 22.9 Å². The molecule has 1 spiro atoms. The van der Waals surface area contributed by atoms with Crippen molar-refractivity contribution < 1.29 is 9.59 Å². The van der Waals surface area contributed by atoms with Crippen molar-refractivity contribution >= 4 is 50.9 Å². The number of nitrogens with zero attached hydrogens (tertiary/aromatic N) is 3. The summed E-state index contributed by atoms with van der Waals surface area (Å²) in [7, 11) is 0. The van der Waals surface area contributed by atoms with Crippen LogP contribution in [0.4, 0.5) is 11.4 Å². The molecule has 3 aromatic rings. The Balaban J connectivity index is 1.39. The number of benzene rings is 3.